The number of nitrogens with one attached hydrogen (secondary N) is 1. The first-order valence-corrected chi connectivity index (χ1v) is 2.44. The molecule has 0 aliphatic carbocycles. The van der Waals surface area contributed by atoms with Gasteiger partial charge in [0.05, 0.1) is 5.25 Å². The molecule has 0 unspecified atom stereocenters. The Morgan fingerprint density at radius 1 is 1.67 bits per heavy atom. The van der Waals surface area contributed by atoms with Gasteiger partial charge >= 0.3 is 27.1 Å². The molecule has 0 spiro atoms. The van der Waals surface area contributed by atoms with Crippen LogP contribution >= 0.6 is 8.26 Å². The van der Waals surface area contributed by atoms with Crippen molar-refractivity contribution in [3.63, 3.8) is 0 Å². The van der Waals surface area contributed by atoms with Gasteiger partial charge in [0.2, 0.25) is 0 Å². The molecule has 0 saturated carbocycles. The second-order valence-electron chi connectivity index (χ2n) is 0.645. The maximum atomic E-state index is 10.9. The SMILES string of the molecule is F[P+]1(F)NO1.[H-].[Li+]. The van der Waals surface area contributed by atoms with Gasteiger partial charge in [0.1, 0.15) is 0 Å². The molecule has 0 aromatic rings. The van der Waals surface area contributed by atoms with Gasteiger partial charge in [0, 0.05) is 8.39 Å². The first-order chi connectivity index (χ1) is 2.21. The van der Waals surface area contributed by atoms with Crippen molar-refractivity contribution < 1.29 is 33.3 Å². The summed E-state index contributed by atoms with van der Waals surface area (Å²) in [6, 6.07) is 0. The minimum absolute atomic E-state index is 0. The molecule has 0 atom stereocenters. The van der Waals surface area contributed by atoms with Crippen LogP contribution in [-0.2, 0) is 4.62 Å². The topological polar surface area (TPSA) is 34.5 Å². The van der Waals surface area contributed by atoms with E-state index >= 15 is 0 Å². The van der Waals surface area contributed by atoms with Crippen LogP contribution in [0.1, 0.15) is 1.43 Å². The summed E-state index contributed by atoms with van der Waals surface area (Å²) >= 11 is 0. The Labute approximate surface area is 47.6 Å². The summed E-state index contributed by atoms with van der Waals surface area (Å²) in [6.07, 6.45) is 0. The Hall–Kier alpha value is 0.807. The molecule has 0 bridgehead atoms. The molecule has 1 rings (SSSR count). The second-order valence-corrected chi connectivity index (χ2v) is 1.93. The third-order valence-corrected chi connectivity index (χ3v) is 0.688. The summed E-state index contributed by atoms with van der Waals surface area (Å²) in [4.78, 5) is 0. The quantitative estimate of drug-likeness (QED) is 0.227. The fourth-order valence-corrected chi connectivity index (χ4v) is 0.278. The number of rotatable bonds is 0. The van der Waals surface area contributed by atoms with Crippen molar-refractivity contribution in [2.45, 2.75) is 0 Å². The molecule has 2 nitrogen and oxygen atoms in total. The smallest absolute Gasteiger partial charge is 1.00 e. The summed E-state index contributed by atoms with van der Waals surface area (Å²) in [6.45, 7) is 0. The summed E-state index contributed by atoms with van der Waals surface area (Å²) < 4.78 is 25.2. The molecule has 32 valence electrons. The van der Waals surface area contributed by atoms with E-state index in [0.29, 0.717) is 0 Å². The van der Waals surface area contributed by atoms with Crippen LogP contribution in [0.15, 0.2) is 0 Å². The van der Waals surface area contributed by atoms with Crippen LogP contribution in [0, 0.1) is 0 Å². The van der Waals surface area contributed by atoms with Gasteiger partial charge in [0.25, 0.3) is 0 Å². The average Bonchev–Trinajstić information content (AvgIpc) is 1.76. The van der Waals surface area contributed by atoms with Gasteiger partial charge in [-0.05, 0) is 4.62 Å². The van der Waals surface area contributed by atoms with Crippen LogP contribution in [0.4, 0.5) is 8.39 Å². The largest absolute Gasteiger partial charge is 1.00 e. The molecular formula is H2F2LiNOP+. The Bertz CT molecular complexity index is 55.7. The Balaban J connectivity index is 0. The minimum Gasteiger partial charge on any atom is -1.00 e. The van der Waals surface area contributed by atoms with Gasteiger partial charge in [0.15, 0.2) is 0 Å². The van der Waals surface area contributed by atoms with E-state index in [-0.39, 0.29) is 20.3 Å². The molecule has 1 N–H and O–H groups in total. The molecule has 0 radical (unpaired) electrons. The van der Waals surface area contributed by atoms with Crippen molar-refractivity contribution in [1.29, 1.82) is 0 Å². The standard InChI is InChI=1S/F2HNOP.Li.H/c1-5(2)3-4-5;;/h3H;;/q2*+1;-1. The maximum absolute atomic E-state index is 10.9. The molecule has 1 aliphatic rings. The molecule has 0 aromatic heterocycles. The molecule has 1 fully saturated rings. The van der Waals surface area contributed by atoms with Gasteiger partial charge in [-0.1, -0.05) is 0 Å². The molecule has 1 heterocycles. The van der Waals surface area contributed by atoms with Crippen molar-refractivity contribution >= 4 is 8.26 Å². The fraction of sp³-hybridized carbons (Fsp3) is 0. The monoisotopic (exact) mass is 108 g/mol. The van der Waals surface area contributed by atoms with Crippen LogP contribution in [-0.4, -0.2) is 0 Å². The van der Waals surface area contributed by atoms with Crippen LogP contribution in [0.3, 0.4) is 0 Å². The van der Waals surface area contributed by atoms with Gasteiger partial charge in [-0.3, -0.25) is 0 Å². The summed E-state index contributed by atoms with van der Waals surface area (Å²) in [5.41, 5.74) is 0. The van der Waals surface area contributed by atoms with E-state index in [9.17, 15) is 8.39 Å². The van der Waals surface area contributed by atoms with Crippen molar-refractivity contribution in [3.8, 4) is 0 Å². The zero-order valence-corrected chi connectivity index (χ0v) is 4.01. The van der Waals surface area contributed by atoms with Gasteiger partial charge in [-0.2, -0.15) is 0 Å². The third kappa shape index (κ3) is 2.07. The van der Waals surface area contributed by atoms with Crippen molar-refractivity contribution in [1.82, 2.24) is 5.25 Å². The van der Waals surface area contributed by atoms with Crippen molar-refractivity contribution in [3.05, 3.63) is 0 Å². The minimum atomic E-state index is -3.89. The predicted molar refractivity (Wildman–Crippen MR) is 14.5 cm³/mol. The van der Waals surface area contributed by atoms with E-state index in [1.165, 1.54) is 5.25 Å². The van der Waals surface area contributed by atoms with E-state index in [2.05, 4.69) is 4.62 Å². The zero-order chi connectivity index (χ0) is 3.91. The first kappa shape index (κ1) is 6.81. The van der Waals surface area contributed by atoms with E-state index in [1.54, 1.807) is 0 Å². The Morgan fingerprint density at radius 2 is 1.83 bits per heavy atom. The van der Waals surface area contributed by atoms with E-state index < -0.39 is 8.26 Å². The summed E-state index contributed by atoms with van der Waals surface area (Å²) in [5.74, 6) is 0. The Kier molecular flexibility index (Phi) is 1.96. The van der Waals surface area contributed by atoms with Gasteiger partial charge in [-0.15, -0.1) is 0 Å². The molecular weight excluding hydrogens is 106 g/mol. The molecule has 0 amide bonds. The zero-order valence-electron chi connectivity index (χ0n) is 4.11. The average molecular weight is 108 g/mol. The molecule has 6 heavy (non-hydrogen) atoms. The molecule has 1 saturated heterocycles. The maximum Gasteiger partial charge on any atom is 1.00 e. The predicted octanol–water partition coefficient (Wildman–Crippen LogP) is -1.75. The Morgan fingerprint density at radius 3 is 1.83 bits per heavy atom. The normalized spacial score (nSPS) is 25.0. The van der Waals surface area contributed by atoms with Crippen LogP contribution < -0.4 is 24.1 Å². The van der Waals surface area contributed by atoms with Gasteiger partial charge < -0.3 is 1.43 Å². The van der Waals surface area contributed by atoms with Gasteiger partial charge in [-0.25, -0.2) is 0 Å². The number of halogens is 2. The fourth-order valence-electron chi connectivity index (χ4n) is 0.0309. The van der Waals surface area contributed by atoms with Crippen LogP contribution in [0.5, 0.6) is 0 Å². The van der Waals surface area contributed by atoms with Crippen LogP contribution in [0.2, 0.25) is 0 Å². The van der Waals surface area contributed by atoms with E-state index in [4.69, 9.17) is 0 Å². The van der Waals surface area contributed by atoms with E-state index in [1.807, 2.05) is 0 Å². The van der Waals surface area contributed by atoms with Crippen molar-refractivity contribution in [2.75, 3.05) is 0 Å². The van der Waals surface area contributed by atoms with E-state index in [0.717, 1.165) is 0 Å². The molecule has 6 heteroatoms. The molecule has 0 aromatic carbocycles. The summed E-state index contributed by atoms with van der Waals surface area (Å²) in [5, 5.41) is 1.45. The molecule has 1 aliphatic heterocycles. The number of hydrogen-bond donors (Lipinski definition) is 1. The summed E-state index contributed by atoms with van der Waals surface area (Å²) in [7, 11) is -3.89. The first-order valence-electron chi connectivity index (χ1n) is 0.948. The van der Waals surface area contributed by atoms with Crippen LogP contribution in [0.25, 0.3) is 0 Å². The second kappa shape index (κ2) is 1.73. The third-order valence-electron chi connectivity index (χ3n) is 0.229. The van der Waals surface area contributed by atoms with Crippen molar-refractivity contribution in [2.24, 2.45) is 0 Å². The number of hydrogen-bond acceptors (Lipinski definition) is 2.